The number of imide groups is 1. The predicted octanol–water partition coefficient (Wildman–Crippen LogP) is 2.26. The van der Waals surface area contributed by atoms with Crippen LogP contribution in [0.5, 0.6) is 0 Å². The Morgan fingerprint density at radius 3 is 2.52 bits per heavy atom. The third kappa shape index (κ3) is 3.91. The molecule has 0 spiro atoms. The largest absolute Gasteiger partial charge is 0.326 e. The topological polar surface area (TPSA) is 97.2 Å². The molecule has 0 saturated carbocycles. The van der Waals surface area contributed by atoms with E-state index in [9.17, 15) is 14.4 Å². The van der Waals surface area contributed by atoms with E-state index in [1.54, 1.807) is 41.3 Å². The summed E-state index contributed by atoms with van der Waals surface area (Å²) in [4.78, 5) is 42.2. The zero-order valence-corrected chi connectivity index (χ0v) is 15.8. The van der Waals surface area contributed by atoms with Crippen LogP contribution in [0, 0.1) is 6.92 Å². The Hall–Kier alpha value is -3.81. The first-order valence-corrected chi connectivity index (χ1v) is 9.19. The number of nitrogens with zero attached hydrogens (tertiary/aromatic N) is 4. The second-order valence-electron chi connectivity index (χ2n) is 6.90. The minimum atomic E-state index is -0.352. The predicted molar refractivity (Wildman–Crippen MR) is 105 cm³/mol. The van der Waals surface area contributed by atoms with Crippen molar-refractivity contribution in [3.8, 4) is 0 Å². The average molecular weight is 389 g/mol. The fourth-order valence-electron chi connectivity index (χ4n) is 3.24. The lowest BCUT2D eigenvalue weighted by molar-refractivity contribution is -0.116. The van der Waals surface area contributed by atoms with Crippen molar-refractivity contribution in [1.82, 2.24) is 19.7 Å². The third-order valence-corrected chi connectivity index (χ3v) is 4.74. The van der Waals surface area contributed by atoms with Crippen LogP contribution in [-0.2, 0) is 11.3 Å². The molecular formula is C21H19N5O3. The zero-order chi connectivity index (χ0) is 20.4. The van der Waals surface area contributed by atoms with Crippen LogP contribution in [0.4, 0.5) is 5.69 Å². The summed E-state index contributed by atoms with van der Waals surface area (Å²) in [5.74, 6) is -0.962. The number of carbonyl (C=O) groups is 3. The van der Waals surface area contributed by atoms with E-state index in [4.69, 9.17) is 0 Å². The lowest BCUT2D eigenvalue weighted by Gasteiger charge is -2.13. The molecule has 3 amide bonds. The highest BCUT2D eigenvalue weighted by Gasteiger charge is 2.35. The fourth-order valence-corrected chi connectivity index (χ4v) is 3.24. The molecule has 1 N–H and O–H groups in total. The van der Waals surface area contributed by atoms with E-state index in [2.05, 4.69) is 15.4 Å². The molecule has 2 heterocycles. The number of nitrogens with one attached hydrogen (secondary N) is 1. The molecule has 0 radical (unpaired) electrons. The minimum absolute atomic E-state index is 0.0329. The highest BCUT2D eigenvalue weighted by Crippen LogP contribution is 2.24. The Morgan fingerprint density at radius 1 is 1.03 bits per heavy atom. The molecule has 0 saturated heterocycles. The van der Waals surface area contributed by atoms with Gasteiger partial charge in [-0.1, -0.05) is 23.8 Å². The summed E-state index contributed by atoms with van der Waals surface area (Å²) in [6.07, 6.45) is 3.14. The molecule has 0 fully saturated rings. The van der Waals surface area contributed by atoms with Crippen molar-refractivity contribution in [3.05, 3.63) is 77.4 Å². The Kier molecular flexibility index (Phi) is 4.90. The van der Waals surface area contributed by atoms with Crippen molar-refractivity contribution in [1.29, 1.82) is 0 Å². The number of fused-ring (bicyclic) bond motifs is 1. The SMILES string of the molecule is Cc1ccc2c(c1)C(=O)N(CCC(=O)Nc1ccc(Cn3cncn3)cc1)C2=O. The molecule has 8 heteroatoms. The van der Waals surface area contributed by atoms with Crippen LogP contribution in [0.1, 0.15) is 38.3 Å². The number of aryl methyl sites for hydroxylation is 1. The number of hydrogen-bond acceptors (Lipinski definition) is 5. The van der Waals surface area contributed by atoms with Gasteiger partial charge in [0.25, 0.3) is 11.8 Å². The first kappa shape index (κ1) is 18.5. The Labute approximate surface area is 167 Å². The molecule has 0 unspecified atom stereocenters. The molecule has 1 aliphatic heterocycles. The first-order valence-electron chi connectivity index (χ1n) is 9.19. The van der Waals surface area contributed by atoms with Crippen molar-refractivity contribution in [3.63, 3.8) is 0 Å². The summed E-state index contributed by atoms with van der Waals surface area (Å²) < 4.78 is 1.71. The standard InChI is InChI=1S/C21H19N5O3/c1-14-2-7-17-18(10-14)21(29)26(20(17)28)9-8-19(27)24-16-5-3-15(4-6-16)11-25-13-22-12-23-25/h2-7,10,12-13H,8-9,11H2,1H3,(H,24,27). The molecule has 3 aromatic rings. The van der Waals surface area contributed by atoms with Crippen molar-refractivity contribution in [2.24, 2.45) is 0 Å². The molecule has 8 nitrogen and oxygen atoms in total. The van der Waals surface area contributed by atoms with Crippen LogP contribution in [-0.4, -0.2) is 43.9 Å². The molecule has 0 atom stereocenters. The molecule has 1 aliphatic rings. The van der Waals surface area contributed by atoms with Gasteiger partial charge in [-0.25, -0.2) is 9.67 Å². The normalized spacial score (nSPS) is 12.9. The van der Waals surface area contributed by atoms with Gasteiger partial charge in [-0.2, -0.15) is 5.10 Å². The van der Waals surface area contributed by atoms with Crippen molar-refractivity contribution in [2.45, 2.75) is 19.9 Å². The van der Waals surface area contributed by atoms with E-state index in [-0.39, 0.29) is 30.7 Å². The molecular weight excluding hydrogens is 370 g/mol. The van der Waals surface area contributed by atoms with Crippen molar-refractivity contribution >= 4 is 23.4 Å². The van der Waals surface area contributed by atoms with Gasteiger partial charge in [0, 0.05) is 18.7 Å². The molecule has 29 heavy (non-hydrogen) atoms. The average Bonchev–Trinajstić information content (AvgIpc) is 3.29. The summed E-state index contributed by atoms with van der Waals surface area (Å²) in [7, 11) is 0. The van der Waals surface area contributed by atoms with Crippen LogP contribution < -0.4 is 5.32 Å². The third-order valence-electron chi connectivity index (χ3n) is 4.74. The van der Waals surface area contributed by atoms with Crippen molar-refractivity contribution < 1.29 is 14.4 Å². The summed E-state index contributed by atoms with van der Waals surface area (Å²) in [5.41, 5.74) is 3.38. The Balaban J connectivity index is 1.32. The first-order chi connectivity index (χ1) is 14.0. The molecule has 1 aromatic heterocycles. The second kappa shape index (κ2) is 7.67. The lowest BCUT2D eigenvalue weighted by Crippen LogP contribution is -2.32. The maximum atomic E-state index is 12.5. The maximum absolute atomic E-state index is 12.5. The van der Waals surface area contributed by atoms with E-state index >= 15 is 0 Å². The number of amides is 3. The van der Waals surface area contributed by atoms with E-state index < -0.39 is 0 Å². The minimum Gasteiger partial charge on any atom is -0.326 e. The van der Waals surface area contributed by atoms with E-state index in [1.165, 1.54) is 6.33 Å². The number of aromatic nitrogens is 3. The highest BCUT2D eigenvalue weighted by molar-refractivity contribution is 6.21. The Morgan fingerprint density at radius 2 is 1.79 bits per heavy atom. The number of anilines is 1. The van der Waals surface area contributed by atoms with Gasteiger partial charge in [0.1, 0.15) is 12.7 Å². The molecule has 0 bridgehead atoms. The van der Waals surface area contributed by atoms with Crippen LogP contribution in [0.15, 0.2) is 55.1 Å². The number of hydrogen-bond donors (Lipinski definition) is 1. The molecule has 4 rings (SSSR count). The van der Waals surface area contributed by atoms with Crippen LogP contribution >= 0.6 is 0 Å². The van der Waals surface area contributed by atoms with Crippen LogP contribution in [0.3, 0.4) is 0 Å². The van der Waals surface area contributed by atoms with E-state index in [1.807, 2.05) is 19.1 Å². The summed E-state index contributed by atoms with van der Waals surface area (Å²) in [6, 6.07) is 12.5. The van der Waals surface area contributed by atoms with Crippen molar-refractivity contribution in [2.75, 3.05) is 11.9 Å². The van der Waals surface area contributed by atoms with E-state index in [0.29, 0.717) is 23.4 Å². The Bertz CT molecular complexity index is 1070. The number of rotatable bonds is 6. The quantitative estimate of drug-likeness (QED) is 0.652. The molecule has 146 valence electrons. The summed E-state index contributed by atoms with van der Waals surface area (Å²) in [5, 5.41) is 6.84. The van der Waals surface area contributed by atoms with E-state index in [0.717, 1.165) is 16.0 Å². The van der Waals surface area contributed by atoms with Crippen LogP contribution in [0.2, 0.25) is 0 Å². The van der Waals surface area contributed by atoms with Gasteiger partial charge in [-0.15, -0.1) is 0 Å². The molecule has 0 aliphatic carbocycles. The van der Waals surface area contributed by atoms with Gasteiger partial charge < -0.3 is 5.32 Å². The number of carbonyl (C=O) groups excluding carboxylic acids is 3. The summed E-state index contributed by atoms with van der Waals surface area (Å²) >= 11 is 0. The number of benzene rings is 2. The second-order valence-corrected chi connectivity index (χ2v) is 6.90. The van der Waals surface area contributed by atoms with Crippen LogP contribution in [0.25, 0.3) is 0 Å². The summed E-state index contributed by atoms with van der Waals surface area (Å²) in [6.45, 7) is 2.50. The fraction of sp³-hybridized carbons (Fsp3) is 0.190. The van der Waals surface area contributed by atoms with Gasteiger partial charge in [0.05, 0.1) is 17.7 Å². The smallest absolute Gasteiger partial charge is 0.261 e. The van der Waals surface area contributed by atoms with Gasteiger partial charge in [0.2, 0.25) is 5.91 Å². The van der Waals surface area contributed by atoms with Gasteiger partial charge >= 0.3 is 0 Å². The molecule has 2 aromatic carbocycles. The zero-order valence-electron chi connectivity index (χ0n) is 15.8. The highest BCUT2D eigenvalue weighted by atomic mass is 16.2. The van der Waals surface area contributed by atoms with Gasteiger partial charge in [0.15, 0.2) is 0 Å². The maximum Gasteiger partial charge on any atom is 0.261 e. The monoisotopic (exact) mass is 389 g/mol. The van der Waals surface area contributed by atoms with Gasteiger partial charge in [-0.05, 0) is 36.8 Å². The van der Waals surface area contributed by atoms with Gasteiger partial charge in [-0.3, -0.25) is 19.3 Å². The lowest BCUT2D eigenvalue weighted by atomic mass is 10.1.